The van der Waals surface area contributed by atoms with Crippen LogP contribution in [0.1, 0.15) is 51.5 Å². The first-order valence-corrected chi connectivity index (χ1v) is 15.0. The number of hydrogen-bond acceptors (Lipinski definition) is 6. The lowest BCUT2D eigenvalue weighted by Crippen LogP contribution is -2.52. The third-order valence-electron chi connectivity index (χ3n) is 7.69. The SMILES string of the molecule is CC(C)CN(C[C@@H](O)C(Cc1ccccc1)NC(=O)C1CCC2(CCCO2)C1)S(=O)(=O)c1ccc(N)cc1. The second-order valence-corrected chi connectivity index (χ2v) is 13.2. The molecule has 208 valence electrons. The van der Waals surface area contributed by atoms with Gasteiger partial charge in [-0.1, -0.05) is 44.2 Å². The molecule has 3 unspecified atom stereocenters. The van der Waals surface area contributed by atoms with Gasteiger partial charge in [0, 0.05) is 31.3 Å². The molecule has 0 radical (unpaired) electrons. The summed E-state index contributed by atoms with van der Waals surface area (Å²) in [5, 5.41) is 14.5. The van der Waals surface area contributed by atoms with Gasteiger partial charge in [0.15, 0.2) is 0 Å². The van der Waals surface area contributed by atoms with Crippen molar-refractivity contribution in [3.05, 3.63) is 60.2 Å². The van der Waals surface area contributed by atoms with E-state index in [0.29, 0.717) is 18.5 Å². The van der Waals surface area contributed by atoms with Crippen molar-refractivity contribution in [2.24, 2.45) is 11.8 Å². The molecule has 4 atom stereocenters. The molecule has 2 aliphatic rings. The number of nitrogens with zero attached hydrogens (tertiary/aromatic N) is 1. The fourth-order valence-electron chi connectivity index (χ4n) is 5.68. The van der Waals surface area contributed by atoms with Crippen LogP contribution in [0.3, 0.4) is 0 Å². The van der Waals surface area contributed by atoms with Crippen LogP contribution in [-0.4, -0.2) is 61.2 Å². The third kappa shape index (κ3) is 6.94. The summed E-state index contributed by atoms with van der Waals surface area (Å²) < 4.78 is 34.4. The van der Waals surface area contributed by atoms with Gasteiger partial charge in [0.25, 0.3) is 0 Å². The first kappa shape index (κ1) is 28.5. The first-order valence-electron chi connectivity index (χ1n) is 13.6. The molecule has 0 bridgehead atoms. The monoisotopic (exact) mass is 543 g/mol. The van der Waals surface area contributed by atoms with Crippen molar-refractivity contribution in [1.82, 2.24) is 9.62 Å². The molecule has 1 saturated heterocycles. The number of anilines is 1. The Labute approximate surface area is 226 Å². The van der Waals surface area contributed by atoms with E-state index in [1.807, 2.05) is 44.2 Å². The van der Waals surface area contributed by atoms with E-state index in [2.05, 4.69) is 5.32 Å². The summed E-state index contributed by atoms with van der Waals surface area (Å²) in [7, 11) is -3.89. The fraction of sp³-hybridized carbons (Fsp3) is 0.552. The summed E-state index contributed by atoms with van der Waals surface area (Å²) in [5.74, 6) is -0.244. The lowest BCUT2D eigenvalue weighted by atomic mass is 9.95. The van der Waals surface area contributed by atoms with E-state index >= 15 is 0 Å². The van der Waals surface area contributed by atoms with Gasteiger partial charge in [-0.2, -0.15) is 4.31 Å². The number of nitrogens with two attached hydrogens (primary N) is 1. The number of aliphatic hydroxyl groups is 1. The largest absolute Gasteiger partial charge is 0.399 e. The number of nitrogen functional groups attached to an aromatic ring is 1. The van der Waals surface area contributed by atoms with Crippen molar-refractivity contribution in [1.29, 1.82) is 0 Å². The van der Waals surface area contributed by atoms with Crippen LogP contribution in [0.15, 0.2) is 59.5 Å². The summed E-state index contributed by atoms with van der Waals surface area (Å²) >= 11 is 0. The maximum atomic E-state index is 13.5. The van der Waals surface area contributed by atoms with Crippen LogP contribution in [0.5, 0.6) is 0 Å². The summed E-state index contributed by atoms with van der Waals surface area (Å²) in [6, 6.07) is 15.0. The molecule has 8 nitrogen and oxygen atoms in total. The van der Waals surface area contributed by atoms with E-state index < -0.39 is 22.2 Å². The Balaban J connectivity index is 1.53. The highest BCUT2D eigenvalue weighted by atomic mass is 32.2. The van der Waals surface area contributed by atoms with Gasteiger partial charge in [-0.05, 0) is 74.3 Å². The van der Waals surface area contributed by atoms with Crippen molar-refractivity contribution in [2.45, 2.75) is 75.0 Å². The third-order valence-corrected chi connectivity index (χ3v) is 9.54. The summed E-state index contributed by atoms with van der Waals surface area (Å²) in [4.78, 5) is 13.5. The van der Waals surface area contributed by atoms with E-state index in [4.69, 9.17) is 10.5 Å². The molecule has 2 fully saturated rings. The molecule has 1 aliphatic carbocycles. The molecular weight excluding hydrogens is 502 g/mol. The molecule has 4 N–H and O–H groups in total. The van der Waals surface area contributed by atoms with E-state index in [0.717, 1.165) is 37.9 Å². The predicted molar refractivity (Wildman–Crippen MR) is 148 cm³/mol. The quantitative estimate of drug-likeness (QED) is 0.374. The van der Waals surface area contributed by atoms with Crippen LogP contribution in [0.25, 0.3) is 0 Å². The standard InChI is InChI=1S/C29H41N3O5S/c1-21(2)19-32(38(35,36)25-11-9-24(30)10-12-25)20-27(33)26(17-22-7-4-3-5-8-22)31-28(34)23-13-15-29(18-23)14-6-16-37-29/h3-5,7-12,21,23,26-27,33H,6,13-20,30H2,1-2H3,(H,31,34)/t23?,26?,27-,29?/m1/s1. The second-order valence-electron chi connectivity index (χ2n) is 11.2. The zero-order chi connectivity index (χ0) is 27.3. The van der Waals surface area contributed by atoms with Crippen molar-refractivity contribution < 1.29 is 23.1 Å². The maximum Gasteiger partial charge on any atom is 0.243 e. The zero-order valence-electron chi connectivity index (χ0n) is 22.4. The normalized spacial score (nSPS) is 23.2. The fourth-order valence-corrected chi connectivity index (χ4v) is 7.30. The van der Waals surface area contributed by atoms with Gasteiger partial charge in [0.2, 0.25) is 15.9 Å². The number of sulfonamides is 1. The van der Waals surface area contributed by atoms with Gasteiger partial charge >= 0.3 is 0 Å². The Morgan fingerprint density at radius 2 is 1.84 bits per heavy atom. The first-order chi connectivity index (χ1) is 18.1. The predicted octanol–water partition coefficient (Wildman–Crippen LogP) is 3.35. The number of carbonyl (C=O) groups is 1. The minimum atomic E-state index is -3.89. The Kier molecular flexibility index (Phi) is 9.13. The van der Waals surface area contributed by atoms with Gasteiger partial charge in [0.1, 0.15) is 0 Å². The van der Waals surface area contributed by atoms with Crippen LogP contribution in [0, 0.1) is 11.8 Å². The average Bonchev–Trinajstić information content (AvgIpc) is 3.53. The minimum Gasteiger partial charge on any atom is -0.399 e. The number of hydrogen-bond donors (Lipinski definition) is 3. The van der Waals surface area contributed by atoms with Gasteiger partial charge in [-0.3, -0.25) is 4.79 Å². The molecule has 9 heteroatoms. The van der Waals surface area contributed by atoms with Crippen LogP contribution < -0.4 is 11.1 Å². The Bertz CT molecular complexity index is 1160. The highest BCUT2D eigenvalue weighted by Gasteiger charge is 2.45. The van der Waals surface area contributed by atoms with Gasteiger partial charge in [0.05, 0.1) is 22.6 Å². The summed E-state index contributed by atoms with van der Waals surface area (Å²) in [6.45, 7) is 4.71. The lowest BCUT2D eigenvalue weighted by molar-refractivity contribution is -0.127. The van der Waals surface area contributed by atoms with E-state index in [9.17, 15) is 18.3 Å². The number of nitrogens with one attached hydrogen (secondary N) is 1. The summed E-state index contributed by atoms with van der Waals surface area (Å²) in [6.07, 6.45) is 3.61. The van der Waals surface area contributed by atoms with E-state index in [1.54, 1.807) is 12.1 Å². The Morgan fingerprint density at radius 1 is 1.13 bits per heavy atom. The zero-order valence-corrected chi connectivity index (χ0v) is 23.2. The Hall–Kier alpha value is -2.46. The molecular formula is C29H41N3O5S. The topological polar surface area (TPSA) is 122 Å². The minimum absolute atomic E-state index is 0.0361. The number of aliphatic hydroxyl groups excluding tert-OH is 1. The lowest BCUT2D eigenvalue weighted by Gasteiger charge is -2.31. The number of benzene rings is 2. The average molecular weight is 544 g/mol. The molecule has 1 saturated carbocycles. The number of carbonyl (C=O) groups excluding carboxylic acids is 1. The molecule has 2 aromatic rings. The van der Waals surface area contributed by atoms with Crippen molar-refractivity contribution in [2.75, 3.05) is 25.4 Å². The maximum absolute atomic E-state index is 13.5. The molecule has 0 aromatic heterocycles. The molecule has 1 spiro atoms. The molecule has 38 heavy (non-hydrogen) atoms. The number of rotatable bonds is 11. The van der Waals surface area contributed by atoms with Crippen LogP contribution in [0.4, 0.5) is 5.69 Å². The van der Waals surface area contributed by atoms with Crippen molar-refractivity contribution in [3.8, 4) is 0 Å². The summed E-state index contributed by atoms with van der Waals surface area (Å²) in [5.41, 5.74) is 7.00. The van der Waals surface area contributed by atoms with Crippen LogP contribution >= 0.6 is 0 Å². The molecule has 4 rings (SSSR count). The number of ether oxygens (including phenoxy) is 1. The molecule has 1 heterocycles. The second kappa shape index (κ2) is 12.2. The van der Waals surface area contributed by atoms with Crippen LogP contribution in [-0.2, 0) is 26.0 Å². The van der Waals surface area contributed by atoms with Crippen LogP contribution in [0.2, 0.25) is 0 Å². The van der Waals surface area contributed by atoms with Crippen molar-refractivity contribution >= 4 is 21.6 Å². The molecule has 1 aliphatic heterocycles. The van der Waals surface area contributed by atoms with E-state index in [-0.39, 0.29) is 41.3 Å². The van der Waals surface area contributed by atoms with E-state index in [1.165, 1.54) is 16.4 Å². The van der Waals surface area contributed by atoms with Gasteiger partial charge in [-0.25, -0.2) is 8.42 Å². The molecule has 1 amide bonds. The van der Waals surface area contributed by atoms with Gasteiger partial charge < -0.3 is 20.9 Å². The highest BCUT2D eigenvalue weighted by molar-refractivity contribution is 7.89. The molecule has 2 aromatic carbocycles. The van der Waals surface area contributed by atoms with Gasteiger partial charge in [-0.15, -0.1) is 0 Å². The number of amides is 1. The smallest absolute Gasteiger partial charge is 0.243 e. The Morgan fingerprint density at radius 3 is 2.47 bits per heavy atom. The highest BCUT2D eigenvalue weighted by Crippen LogP contribution is 2.44. The van der Waals surface area contributed by atoms with Crippen molar-refractivity contribution in [3.63, 3.8) is 0 Å².